The van der Waals surface area contributed by atoms with Gasteiger partial charge in [-0.25, -0.2) is 9.59 Å². The highest BCUT2D eigenvalue weighted by Gasteiger charge is 2.33. The number of hydrogen-bond acceptors (Lipinski definition) is 8. The lowest BCUT2D eigenvalue weighted by Crippen LogP contribution is -2.46. The molecular formula is C20H28N6O6. The molecule has 1 atom stereocenters. The average molecular weight is 448 g/mol. The summed E-state index contributed by atoms with van der Waals surface area (Å²) in [5.74, 6) is -0.643. The van der Waals surface area contributed by atoms with Gasteiger partial charge in [0.15, 0.2) is 0 Å². The molecule has 5 N–H and O–H groups in total. The molecule has 1 aromatic carbocycles. The van der Waals surface area contributed by atoms with Crippen LogP contribution in [0.25, 0.3) is 0 Å². The lowest BCUT2D eigenvalue weighted by atomic mass is 10.2. The van der Waals surface area contributed by atoms with E-state index in [2.05, 4.69) is 20.6 Å². The molecule has 1 heterocycles. The van der Waals surface area contributed by atoms with E-state index in [-0.39, 0.29) is 18.9 Å². The number of nitrogens with two attached hydrogens (primary N) is 1. The average Bonchev–Trinajstić information content (AvgIpc) is 3.04. The summed E-state index contributed by atoms with van der Waals surface area (Å²) in [5, 5.41) is 8.85. The van der Waals surface area contributed by atoms with Gasteiger partial charge < -0.3 is 30.8 Å². The first-order valence-corrected chi connectivity index (χ1v) is 9.97. The van der Waals surface area contributed by atoms with Gasteiger partial charge in [0.25, 0.3) is 0 Å². The maximum atomic E-state index is 12.7. The van der Waals surface area contributed by atoms with Crippen LogP contribution in [0.2, 0.25) is 0 Å². The van der Waals surface area contributed by atoms with Gasteiger partial charge in [-0.1, -0.05) is 12.1 Å². The van der Waals surface area contributed by atoms with Crippen LogP contribution < -0.4 is 26.9 Å². The molecule has 1 aromatic rings. The van der Waals surface area contributed by atoms with Crippen LogP contribution in [0, 0.1) is 0 Å². The molecule has 12 heteroatoms. The Kier molecular flexibility index (Phi) is 8.38. The summed E-state index contributed by atoms with van der Waals surface area (Å²) in [5.41, 5.74) is 7.59. The van der Waals surface area contributed by atoms with E-state index in [0.29, 0.717) is 24.2 Å². The molecule has 4 amide bonds. The molecule has 1 aliphatic heterocycles. The first kappa shape index (κ1) is 24.4. The molecule has 12 nitrogen and oxygen atoms in total. The predicted octanol–water partition coefficient (Wildman–Crippen LogP) is 0.757. The molecule has 1 saturated heterocycles. The minimum atomic E-state index is -1.01. The van der Waals surface area contributed by atoms with Crippen molar-refractivity contribution < 1.29 is 28.8 Å². The summed E-state index contributed by atoms with van der Waals surface area (Å²) in [6, 6.07) is 5.73. The van der Waals surface area contributed by atoms with E-state index in [1.807, 2.05) is 5.59 Å². The number of esters is 1. The second-order valence-corrected chi connectivity index (χ2v) is 7.93. The molecule has 0 aromatic heterocycles. The number of nitrogens with zero attached hydrogens (tertiary/aromatic N) is 2. The SMILES string of the molecule is CC(C)(C)OC(=O)CCNC(=O)N[C@H]1CCN(c2ccc(C=NNOC(N)=O)cc2)C1=O. The zero-order valence-electron chi connectivity index (χ0n) is 18.2. The number of carbonyl (C=O) groups excluding carboxylic acids is 4. The molecule has 0 aliphatic carbocycles. The second kappa shape index (κ2) is 11.0. The number of ether oxygens (including phenoxy) is 1. The summed E-state index contributed by atoms with van der Waals surface area (Å²) in [7, 11) is 0. The van der Waals surface area contributed by atoms with Crippen molar-refractivity contribution in [1.29, 1.82) is 0 Å². The number of hydrazone groups is 1. The van der Waals surface area contributed by atoms with E-state index in [1.165, 1.54) is 6.21 Å². The predicted molar refractivity (Wildman–Crippen MR) is 116 cm³/mol. The van der Waals surface area contributed by atoms with Crippen molar-refractivity contribution in [2.24, 2.45) is 10.8 Å². The Morgan fingerprint density at radius 3 is 2.56 bits per heavy atom. The summed E-state index contributed by atoms with van der Waals surface area (Å²) in [6.45, 7) is 5.85. The van der Waals surface area contributed by atoms with Crippen molar-refractivity contribution in [2.75, 3.05) is 18.0 Å². The number of urea groups is 1. The molecule has 0 spiro atoms. The number of rotatable bonds is 8. The highest BCUT2D eigenvalue weighted by molar-refractivity contribution is 6.01. The highest BCUT2D eigenvalue weighted by Crippen LogP contribution is 2.21. The molecule has 1 aliphatic rings. The third-order valence-electron chi connectivity index (χ3n) is 4.16. The number of anilines is 1. The zero-order chi connectivity index (χ0) is 23.7. The van der Waals surface area contributed by atoms with Gasteiger partial charge in [-0.15, -0.1) is 5.59 Å². The van der Waals surface area contributed by atoms with Gasteiger partial charge >= 0.3 is 18.1 Å². The Hall–Kier alpha value is -3.83. The fraction of sp³-hybridized carbons (Fsp3) is 0.450. The van der Waals surface area contributed by atoms with Gasteiger partial charge in [-0.3, -0.25) is 9.59 Å². The largest absolute Gasteiger partial charge is 0.460 e. The van der Waals surface area contributed by atoms with Gasteiger partial charge in [0.1, 0.15) is 11.6 Å². The summed E-state index contributed by atoms with van der Waals surface area (Å²) < 4.78 is 5.17. The van der Waals surface area contributed by atoms with Gasteiger partial charge in [-0.05, 0) is 44.9 Å². The Morgan fingerprint density at radius 2 is 1.94 bits per heavy atom. The third kappa shape index (κ3) is 8.13. The molecule has 174 valence electrons. The number of nitrogens with one attached hydrogen (secondary N) is 3. The van der Waals surface area contributed by atoms with E-state index in [4.69, 9.17) is 10.5 Å². The quantitative estimate of drug-likeness (QED) is 0.259. The minimum absolute atomic E-state index is 0.0370. The van der Waals surface area contributed by atoms with Crippen molar-refractivity contribution in [2.45, 2.75) is 45.3 Å². The number of carbonyl (C=O) groups is 4. The van der Waals surface area contributed by atoms with Gasteiger partial charge in [-0.2, -0.15) is 5.10 Å². The lowest BCUT2D eigenvalue weighted by molar-refractivity contribution is -0.154. The summed E-state index contributed by atoms with van der Waals surface area (Å²) in [4.78, 5) is 52.6. The number of hydrogen-bond donors (Lipinski definition) is 4. The van der Waals surface area contributed by atoms with E-state index in [1.54, 1.807) is 49.9 Å². The fourth-order valence-electron chi connectivity index (χ4n) is 2.86. The standard InChI is InChI=1S/C20H28N6O6/c1-20(2,3)31-16(27)8-10-22-19(30)24-15-9-11-26(17(15)28)14-6-4-13(5-7-14)12-23-25-32-18(21)29/h4-7,12,15,25H,8-11H2,1-3H3,(H2,21,29)(H2,22,24,30)/t15-/m0/s1. The van der Waals surface area contributed by atoms with Crippen LogP contribution in [0.5, 0.6) is 0 Å². The molecule has 0 unspecified atom stereocenters. The van der Waals surface area contributed by atoms with Crippen LogP contribution in [0.4, 0.5) is 15.3 Å². The highest BCUT2D eigenvalue weighted by atomic mass is 16.7. The number of amides is 4. The van der Waals surface area contributed by atoms with E-state index in [9.17, 15) is 19.2 Å². The number of benzene rings is 1. The van der Waals surface area contributed by atoms with Crippen LogP contribution in [0.15, 0.2) is 29.4 Å². The number of primary amides is 1. The first-order chi connectivity index (χ1) is 15.0. The Bertz CT molecular complexity index is 864. The van der Waals surface area contributed by atoms with Crippen molar-refractivity contribution >= 4 is 35.9 Å². The van der Waals surface area contributed by atoms with E-state index < -0.39 is 29.7 Å². The molecular weight excluding hydrogens is 420 g/mol. The molecule has 32 heavy (non-hydrogen) atoms. The minimum Gasteiger partial charge on any atom is -0.460 e. The van der Waals surface area contributed by atoms with Crippen LogP contribution in [-0.4, -0.2) is 54.9 Å². The molecule has 0 bridgehead atoms. The smallest absolute Gasteiger partial charge is 0.430 e. The summed E-state index contributed by atoms with van der Waals surface area (Å²) >= 11 is 0. The van der Waals surface area contributed by atoms with E-state index >= 15 is 0 Å². The Labute approximate surface area is 185 Å². The molecule has 0 saturated carbocycles. The maximum Gasteiger partial charge on any atom is 0.430 e. The maximum absolute atomic E-state index is 12.7. The topological polar surface area (TPSA) is 164 Å². The van der Waals surface area contributed by atoms with Gasteiger partial charge in [0.2, 0.25) is 5.91 Å². The van der Waals surface area contributed by atoms with Crippen molar-refractivity contribution in [1.82, 2.24) is 16.2 Å². The van der Waals surface area contributed by atoms with Crippen LogP contribution in [0.3, 0.4) is 0 Å². The van der Waals surface area contributed by atoms with Crippen LogP contribution in [-0.2, 0) is 19.2 Å². The van der Waals surface area contributed by atoms with Crippen LogP contribution >= 0.6 is 0 Å². The Balaban J connectivity index is 1.79. The monoisotopic (exact) mass is 448 g/mol. The molecule has 2 rings (SSSR count). The van der Waals surface area contributed by atoms with Gasteiger partial charge in [0.05, 0.1) is 12.6 Å². The molecule has 0 radical (unpaired) electrons. The van der Waals surface area contributed by atoms with Gasteiger partial charge in [0, 0.05) is 18.8 Å². The summed E-state index contributed by atoms with van der Waals surface area (Å²) in [6.07, 6.45) is 0.889. The van der Waals surface area contributed by atoms with Crippen molar-refractivity contribution in [3.8, 4) is 0 Å². The normalized spacial score (nSPS) is 16.0. The third-order valence-corrected chi connectivity index (χ3v) is 4.16. The Morgan fingerprint density at radius 1 is 1.25 bits per heavy atom. The second-order valence-electron chi connectivity index (χ2n) is 7.93. The molecule has 1 fully saturated rings. The first-order valence-electron chi connectivity index (χ1n) is 9.97. The lowest BCUT2D eigenvalue weighted by Gasteiger charge is -2.19. The fourth-order valence-corrected chi connectivity index (χ4v) is 2.86. The van der Waals surface area contributed by atoms with E-state index in [0.717, 1.165) is 0 Å². The van der Waals surface area contributed by atoms with Crippen molar-refractivity contribution in [3.05, 3.63) is 29.8 Å². The van der Waals surface area contributed by atoms with Crippen molar-refractivity contribution in [3.63, 3.8) is 0 Å². The zero-order valence-corrected chi connectivity index (χ0v) is 18.2. The van der Waals surface area contributed by atoms with Crippen LogP contribution in [0.1, 0.15) is 39.2 Å².